The van der Waals surface area contributed by atoms with Crippen LogP contribution in [0.4, 0.5) is 0 Å². The maximum atomic E-state index is 12.0. The number of halogens is 1. The molecule has 0 aromatic rings. The van der Waals surface area contributed by atoms with Crippen molar-refractivity contribution < 1.29 is 13.6 Å². The van der Waals surface area contributed by atoms with Gasteiger partial charge in [0.2, 0.25) is 0 Å². The van der Waals surface area contributed by atoms with Crippen LogP contribution in [-0.4, -0.2) is 13.3 Å². The highest BCUT2D eigenvalue weighted by atomic mass is 127. The molecule has 0 saturated heterocycles. The lowest BCUT2D eigenvalue weighted by Gasteiger charge is -2.25. The first-order valence-corrected chi connectivity index (χ1v) is 8.64. The van der Waals surface area contributed by atoms with Crippen LogP contribution in [0.1, 0.15) is 45.4 Å². The molecule has 94 valence electrons. The SMILES string of the molecule is CCCCCCC1=C(I)CCP(=O)(OC)O1. The molecule has 1 atom stereocenters. The molecule has 0 bridgehead atoms. The third-order valence-corrected chi connectivity index (χ3v) is 5.66. The summed E-state index contributed by atoms with van der Waals surface area (Å²) >= 11 is 2.29. The Morgan fingerprint density at radius 1 is 1.44 bits per heavy atom. The minimum atomic E-state index is -2.81. The van der Waals surface area contributed by atoms with Crippen LogP contribution in [0.15, 0.2) is 9.34 Å². The molecule has 0 radical (unpaired) electrons. The summed E-state index contributed by atoms with van der Waals surface area (Å²) in [6, 6.07) is 0. The van der Waals surface area contributed by atoms with Crippen LogP contribution >= 0.6 is 30.2 Å². The Morgan fingerprint density at radius 3 is 2.81 bits per heavy atom. The Balaban J connectivity index is 2.47. The van der Waals surface area contributed by atoms with Crippen molar-refractivity contribution in [2.45, 2.75) is 45.4 Å². The molecule has 0 aromatic carbocycles. The summed E-state index contributed by atoms with van der Waals surface area (Å²) in [6.45, 7) is 2.19. The van der Waals surface area contributed by atoms with E-state index in [9.17, 15) is 4.57 Å². The summed E-state index contributed by atoms with van der Waals surface area (Å²) in [6.07, 6.45) is 7.05. The standard InChI is InChI=1S/C11H20IO3P/c1-3-4-5-6-7-11-10(12)8-9-16(13,14-2)15-11/h3-9H2,1-2H3. The van der Waals surface area contributed by atoms with Gasteiger partial charge in [-0.3, -0.25) is 0 Å². The second-order valence-corrected chi connectivity index (χ2v) is 7.52. The average molecular weight is 358 g/mol. The Hall–Kier alpha value is 0.460. The Morgan fingerprint density at radius 2 is 2.19 bits per heavy atom. The third kappa shape index (κ3) is 4.38. The van der Waals surface area contributed by atoms with Gasteiger partial charge < -0.3 is 9.05 Å². The average Bonchev–Trinajstić information content (AvgIpc) is 2.29. The third-order valence-electron chi connectivity index (χ3n) is 2.69. The molecule has 0 saturated carbocycles. The molecule has 3 nitrogen and oxygen atoms in total. The van der Waals surface area contributed by atoms with Gasteiger partial charge in [0.1, 0.15) is 5.76 Å². The van der Waals surface area contributed by atoms with Crippen LogP contribution in [-0.2, 0) is 13.6 Å². The van der Waals surface area contributed by atoms with Crippen LogP contribution in [0.3, 0.4) is 0 Å². The number of allylic oxidation sites excluding steroid dienone is 2. The van der Waals surface area contributed by atoms with Crippen LogP contribution < -0.4 is 0 Å². The predicted octanol–water partition coefficient (Wildman–Crippen LogP) is 4.86. The van der Waals surface area contributed by atoms with Crippen molar-refractivity contribution in [3.8, 4) is 0 Å². The molecule has 0 aliphatic carbocycles. The van der Waals surface area contributed by atoms with Gasteiger partial charge in [-0.05, 0) is 35.4 Å². The van der Waals surface area contributed by atoms with E-state index in [0.717, 1.165) is 25.0 Å². The van der Waals surface area contributed by atoms with E-state index in [4.69, 9.17) is 9.05 Å². The first-order valence-electron chi connectivity index (χ1n) is 5.83. The Bertz CT molecular complexity index is 302. The molecular weight excluding hydrogens is 338 g/mol. The van der Waals surface area contributed by atoms with Crippen LogP contribution in [0, 0.1) is 0 Å². The molecule has 0 aromatic heterocycles. The van der Waals surface area contributed by atoms with Crippen molar-refractivity contribution in [2.24, 2.45) is 0 Å². The fourth-order valence-corrected chi connectivity index (χ4v) is 4.29. The van der Waals surface area contributed by atoms with E-state index in [-0.39, 0.29) is 0 Å². The van der Waals surface area contributed by atoms with Crippen molar-refractivity contribution in [1.82, 2.24) is 0 Å². The molecule has 16 heavy (non-hydrogen) atoms. The summed E-state index contributed by atoms with van der Waals surface area (Å²) < 4.78 is 23.7. The predicted molar refractivity (Wildman–Crippen MR) is 75.0 cm³/mol. The molecule has 0 N–H and O–H groups in total. The van der Waals surface area contributed by atoms with E-state index in [0.29, 0.717) is 6.16 Å². The topological polar surface area (TPSA) is 35.5 Å². The summed E-state index contributed by atoms with van der Waals surface area (Å²) in [4.78, 5) is 0. The molecule has 0 spiro atoms. The lowest BCUT2D eigenvalue weighted by molar-refractivity contribution is 0.267. The van der Waals surface area contributed by atoms with Crippen LogP contribution in [0.2, 0.25) is 0 Å². The van der Waals surface area contributed by atoms with Gasteiger partial charge in [-0.2, -0.15) is 0 Å². The van der Waals surface area contributed by atoms with Crippen molar-refractivity contribution in [3.63, 3.8) is 0 Å². The van der Waals surface area contributed by atoms with Gasteiger partial charge in [0.25, 0.3) is 0 Å². The Labute approximate surface area is 112 Å². The van der Waals surface area contributed by atoms with Crippen molar-refractivity contribution in [2.75, 3.05) is 13.3 Å². The van der Waals surface area contributed by atoms with Crippen LogP contribution in [0.25, 0.3) is 0 Å². The molecular formula is C11H20IO3P. The van der Waals surface area contributed by atoms with E-state index < -0.39 is 7.60 Å². The molecule has 0 fully saturated rings. The minimum Gasteiger partial charge on any atom is -0.428 e. The van der Waals surface area contributed by atoms with E-state index >= 15 is 0 Å². The molecule has 1 aliphatic heterocycles. The molecule has 1 heterocycles. The zero-order valence-corrected chi connectivity index (χ0v) is 13.1. The second kappa shape index (κ2) is 7.02. The molecule has 1 rings (SSSR count). The number of hydrogen-bond acceptors (Lipinski definition) is 3. The summed E-state index contributed by atoms with van der Waals surface area (Å²) in [5, 5.41) is 0. The van der Waals surface area contributed by atoms with Gasteiger partial charge in [-0.25, -0.2) is 4.57 Å². The first-order chi connectivity index (χ1) is 7.61. The Kier molecular flexibility index (Phi) is 6.37. The molecule has 1 unspecified atom stereocenters. The highest BCUT2D eigenvalue weighted by molar-refractivity contribution is 14.1. The second-order valence-electron chi connectivity index (χ2n) is 4.00. The highest BCUT2D eigenvalue weighted by Crippen LogP contribution is 2.55. The van der Waals surface area contributed by atoms with Crippen LogP contribution in [0.5, 0.6) is 0 Å². The van der Waals surface area contributed by atoms with E-state index in [1.165, 1.54) is 30.0 Å². The maximum absolute atomic E-state index is 12.0. The first kappa shape index (κ1) is 14.5. The smallest absolute Gasteiger partial charge is 0.378 e. The van der Waals surface area contributed by atoms with Gasteiger partial charge in [0.15, 0.2) is 0 Å². The molecule has 5 heteroatoms. The summed E-state index contributed by atoms with van der Waals surface area (Å²) in [5.41, 5.74) is 0. The zero-order valence-electron chi connectivity index (χ0n) is 10.00. The van der Waals surface area contributed by atoms with Gasteiger partial charge in [0, 0.05) is 17.1 Å². The van der Waals surface area contributed by atoms with Crippen molar-refractivity contribution in [3.05, 3.63) is 9.34 Å². The molecule has 0 amide bonds. The van der Waals surface area contributed by atoms with E-state index in [1.54, 1.807) is 0 Å². The number of rotatable bonds is 6. The monoisotopic (exact) mass is 358 g/mol. The molecule has 1 aliphatic rings. The van der Waals surface area contributed by atoms with Gasteiger partial charge in [-0.15, -0.1) is 0 Å². The lowest BCUT2D eigenvalue weighted by Crippen LogP contribution is -2.06. The fourth-order valence-electron chi connectivity index (χ4n) is 1.66. The van der Waals surface area contributed by atoms with Gasteiger partial charge >= 0.3 is 7.60 Å². The number of hydrogen-bond donors (Lipinski definition) is 0. The van der Waals surface area contributed by atoms with Gasteiger partial charge in [0.05, 0.1) is 6.16 Å². The van der Waals surface area contributed by atoms with E-state index in [2.05, 4.69) is 29.5 Å². The zero-order chi connectivity index (χ0) is 12.0. The normalized spacial score (nSPS) is 25.7. The highest BCUT2D eigenvalue weighted by Gasteiger charge is 2.30. The maximum Gasteiger partial charge on any atom is 0.378 e. The van der Waals surface area contributed by atoms with E-state index in [1.807, 2.05) is 0 Å². The lowest BCUT2D eigenvalue weighted by atomic mass is 10.1. The minimum absolute atomic E-state index is 0.514. The summed E-state index contributed by atoms with van der Waals surface area (Å²) in [5.74, 6) is 0.896. The quantitative estimate of drug-likeness (QED) is 0.386. The summed E-state index contributed by atoms with van der Waals surface area (Å²) in [7, 11) is -1.34. The van der Waals surface area contributed by atoms with Crippen molar-refractivity contribution in [1.29, 1.82) is 0 Å². The largest absolute Gasteiger partial charge is 0.428 e. The van der Waals surface area contributed by atoms with Gasteiger partial charge in [-0.1, -0.05) is 26.2 Å². The fraction of sp³-hybridized carbons (Fsp3) is 0.818. The number of unbranched alkanes of at least 4 members (excludes halogenated alkanes) is 3. The van der Waals surface area contributed by atoms with Crippen molar-refractivity contribution >= 4 is 30.2 Å².